The summed E-state index contributed by atoms with van der Waals surface area (Å²) in [7, 11) is 1.61. The minimum Gasteiger partial charge on any atom is -0.391 e. The molecule has 458 valence electrons. The Kier molecular flexibility index (Phi) is 58.4. The monoisotopic (exact) mass is 1120 g/mol. The SMILES string of the molecule is CC/C=C\C/C=C\C/C=C\C/C=C\C/C=C\CCCCCCCCCC(=O)NC(COP(=O)(O)OCC[N+](C)(C)C)C(O)CCCCCCCCCCCCCCCCCCCCCCCCCCCCCCCCCCC. The molecule has 3 atom stereocenters. The summed E-state index contributed by atoms with van der Waals surface area (Å²) in [5.41, 5.74) is 0. The van der Waals surface area contributed by atoms with Crippen molar-refractivity contribution in [1.82, 2.24) is 5.32 Å². The molecule has 0 spiro atoms. The third-order valence-electron chi connectivity index (χ3n) is 15.3. The van der Waals surface area contributed by atoms with Gasteiger partial charge in [-0.25, -0.2) is 4.57 Å². The van der Waals surface area contributed by atoms with E-state index in [1.54, 1.807) is 0 Å². The molecular formula is C69H132N2O6P+. The Labute approximate surface area is 485 Å². The Morgan fingerprint density at radius 1 is 0.449 bits per heavy atom. The molecule has 0 aliphatic carbocycles. The van der Waals surface area contributed by atoms with Gasteiger partial charge in [0.05, 0.1) is 39.9 Å². The van der Waals surface area contributed by atoms with Gasteiger partial charge in [-0.3, -0.25) is 13.8 Å². The largest absolute Gasteiger partial charge is 0.472 e. The number of carbonyl (C=O) groups is 1. The standard InChI is InChI=1S/C69H131N2O6P/c1-6-8-10-12-14-16-18-20-22-24-26-28-30-31-32-33-34-35-36-37-38-39-41-42-44-46-48-50-52-54-56-58-60-62-68(72)67(66-77-78(74,75)76-65-64-71(3,4)5)70-69(73)63-61-59-57-55-53-51-49-47-45-43-40-29-27-25-23-21-19-17-15-13-11-9-7-2/h9,11,15,17,21,23,27,29,43,45,67-68,72H,6-8,10,12-14,16,18-20,22,24-26,28,30-42,44,46-66H2,1-5H3,(H-,70,73,74,75)/p+1/b11-9-,17-15-,23-21-,29-27-,45-43-. The van der Waals surface area contributed by atoms with Crippen LogP contribution in [0.4, 0.5) is 0 Å². The lowest BCUT2D eigenvalue weighted by molar-refractivity contribution is -0.870. The van der Waals surface area contributed by atoms with Crippen molar-refractivity contribution in [3.63, 3.8) is 0 Å². The molecule has 0 aliphatic heterocycles. The van der Waals surface area contributed by atoms with Gasteiger partial charge in [0.1, 0.15) is 13.2 Å². The van der Waals surface area contributed by atoms with Crippen molar-refractivity contribution in [3.8, 4) is 0 Å². The number of rotatable bonds is 62. The van der Waals surface area contributed by atoms with Crippen LogP contribution in [0.1, 0.15) is 322 Å². The first-order valence-corrected chi connectivity index (χ1v) is 35.1. The molecule has 3 N–H and O–H groups in total. The highest BCUT2D eigenvalue weighted by atomic mass is 31.2. The number of nitrogens with zero attached hydrogens (tertiary/aromatic N) is 1. The number of carbonyl (C=O) groups excluding carboxylic acids is 1. The van der Waals surface area contributed by atoms with Crippen LogP contribution in [0.15, 0.2) is 60.8 Å². The molecule has 3 unspecified atom stereocenters. The van der Waals surface area contributed by atoms with Crippen LogP contribution in [-0.2, 0) is 18.4 Å². The number of phosphoric ester groups is 1. The van der Waals surface area contributed by atoms with Gasteiger partial charge in [0.15, 0.2) is 0 Å². The van der Waals surface area contributed by atoms with E-state index in [1.165, 1.54) is 218 Å². The molecule has 0 saturated carbocycles. The summed E-state index contributed by atoms with van der Waals surface area (Å²) < 4.78 is 23.9. The maximum absolute atomic E-state index is 13.0. The fraction of sp³-hybridized carbons (Fsp3) is 0.841. The molecule has 0 rings (SSSR count). The summed E-state index contributed by atoms with van der Waals surface area (Å²) in [6.45, 7) is 4.80. The van der Waals surface area contributed by atoms with Crippen LogP contribution in [-0.4, -0.2) is 73.4 Å². The molecule has 0 aliphatic rings. The smallest absolute Gasteiger partial charge is 0.391 e. The van der Waals surface area contributed by atoms with Gasteiger partial charge in [-0.05, 0) is 57.8 Å². The summed E-state index contributed by atoms with van der Waals surface area (Å²) in [6.07, 6.45) is 81.7. The zero-order chi connectivity index (χ0) is 57.0. The van der Waals surface area contributed by atoms with E-state index in [0.29, 0.717) is 23.9 Å². The second kappa shape index (κ2) is 59.8. The number of quaternary nitrogens is 1. The van der Waals surface area contributed by atoms with Crippen LogP contribution in [0.3, 0.4) is 0 Å². The zero-order valence-electron chi connectivity index (χ0n) is 52.4. The summed E-state index contributed by atoms with van der Waals surface area (Å²) >= 11 is 0. The van der Waals surface area contributed by atoms with Crippen LogP contribution in [0.2, 0.25) is 0 Å². The number of nitrogens with one attached hydrogen (secondary N) is 1. The molecule has 0 aromatic rings. The molecule has 1 amide bonds. The quantitative estimate of drug-likeness (QED) is 0.0243. The minimum absolute atomic E-state index is 0.0703. The first kappa shape index (κ1) is 76.2. The van der Waals surface area contributed by atoms with E-state index >= 15 is 0 Å². The molecule has 0 saturated heterocycles. The topological polar surface area (TPSA) is 105 Å². The summed E-state index contributed by atoms with van der Waals surface area (Å²) in [5, 5.41) is 14.1. The Bertz CT molecular complexity index is 1450. The van der Waals surface area contributed by atoms with E-state index in [0.717, 1.165) is 77.0 Å². The van der Waals surface area contributed by atoms with Crippen LogP contribution < -0.4 is 5.32 Å². The number of likely N-dealkylation sites (N-methyl/N-ethyl adjacent to an activating group) is 1. The van der Waals surface area contributed by atoms with Gasteiger partial charge in [0.25, 0.3) is 0 Å². The number of phosphoric acid groups is 1. The first-order chi connectivity index (χ1) is 38.0. The Morgan fingerprint density at radius 2 is 0.769 bits per heavy atom. The first-order valence-electron chi connectivity index (χ1n) is 33.7. The van der Waals surface area contributed by atoms with Gasteiger partial charge >= 0.3 is 7.82 Å². The average Bonchev–Trinajstić information content (AvgIpc) is 3.41. The molecule has 0 aromatic heterocycles. The fourth-order valence-electron chi connectivity index (χ4n) is 10.1. The lowest BCUT2D eigenvalue weighted by Crippen LogP contribution is -2.46. The predicted octanol–water partition coefficient (Wildman–Crippen LogP) is 21.2. The van der Waals surface area contributed by atoms with Crippen molar-refractivity contribution in [2.75, 3.05) is 40.9 Å². The van der Waals surface area contributed by atoms with Gasteiger partial charge in [-0.2, -0.15) is 0 Å². The third kappa shape index (κ3) is 61.8. The highest BCUT2D eigenvalue weighted by Gasteiger charge is 2.28. The maximum Gasteiger partial charge on any atom is 0.472 e. The van der Waals surface area contributed by atoms with Gasteiger partial charge < -0.3 is 19.8 Å². The molecule has 0 aromatic carbocycles. The van der Waals surface area contributed by atoms with E-state index in [9.17, 15) is 19.4 Å². The minimum atomic E-state index is -4.34. The van der Waals surface area contributed by atoms with Crippen LogP contribution >= 0.6 is 7.82 Å². The van der Waals surface area contributed by atoms with Gasteiger partial charge in [0.2, 0.25) is 5.91 Å². The predicted molar refractivity (Wildman–Crippen MR) is 341 cm³/mol. The van der Waals surface area contributed by atoms with Crippen molar-refractivity contribution in [2.24, 2.45) is 0 Å². The second-order valence-electron chi connectivity index (χ2n) is 24.2. The number of allylic oxidation sites excluding steroid dienone is 10. The molecular weight excluding hydrogens is 984 g/mol. The van der Waals surface area contributed by atoms with E-state index in [-0.39, 0.29) is 19.1 Å². The number of hydrogen-bond acceptors (Lipinski definition) is 5. The molecule has 78 heavy (non-hydrogen) atoms. The normalized spacial score (nSPS) is 14.1. The van der Waals surface area contributed by atoms with Crippen LogP contribution in [0.25, 0.3) is 0 Å². The molecule has 9 heteroatoms. The van der Waals surface area contributed by atoms with E-state index in [1.807, 2.05) is 21.1 Å². The van der Waals surface area contributed by atoms with Crippen molar-refractivity contribution in [2.45, 2.75) is 334 Å². The van der Waals surface area contributed by atoms with E-state index < -0.39 is 20.0 Å². The second-order valence-corrected chi connectivity index (χ2v) is 25.6. The van der Waals surface area contributed by atoms with Crippen molar-refractivity contribution < 1.29 is 32.9 Å². The van der Waals surface area contributed by atoms with E-state index in [4.69, 9.17) is 9.05 Å². The van der Waals surface area contributed by atoms with Crippen molar-refractivity contribution >= 4 is 13.7 Å². The summed E-state index contributed by atoms with van der Waals surface area (Å²) in [6, 6.07) is -0.772. The third-order valence-corrected chi connectivity index (χ3v) is 16.3. The summed E-state index contributed by atoms with van der Waals surface area (Å²) in [4.78, 5) is 23.4. The molecule has 0 radical (unpaired) electrons. The Balaban J connectivity index is 4.04. The van der Waals surface area contributed by atoms with Gasteiger partial charge in [0, 0.05) is 6.42 Å². The Hall–Kier alpha value is -1.80. The lowest BCUT2D eigenvalue weighted by Gasteiger charge is -2.26. The number of aliphatic hydroxyl groups is 1. The maximum atomic E-state index is 13.0. The van der Waals surface area contributed by atoms with Gasteiger partial charge in [-0.1, -0.05) is 319 Å². The molecule has 0 fully saturated rings. The van der Waals surface area contributed by atoms with Crippen LogP contribution in [0, 0.1) is 0 Å². The lowest BCUT2D eigenvalue weighted by atomic mass is 10.0. The fourth-order valence-corrected chi connectivity index (χ4v) is 10.8. The van der Waals surface area contributed by atoms with Crippen LogP contribution in [0.5, 0.6) is 0 Å². The highest BCUT2D eigenvalue weighted by Crippen LogP contribution is 2.43. The molecule has 0 heterocycles. The number of hydrogen-bond donors (Lipinski definition) is 3. The zero-order valence-corrected chi connectivity index (χ0v) is 53.3. The molecule has 8 nitrogen and oxygen atoms in total. The van der Waals surface area contributed by atoms with E-state index in [2.05, 4.69) is 79.9 Å². The van der Waals surface area contributed by atoms with Crippen molar-refractivity contribution in [3.05, 3.63) is 60.8 Å². The van der Waals surface area contributed by atoms with Crippen molar-refractivity contribution in [1.29, 1.82) is 0 Å². The van der Waals surface area contributed by atoms with Gasteiger partial charge in [-0.15, -0.1) is 0 Å². The summed E-state index contributed by atoms with van der Waals surface area (Å²) in [5.74, 6) is -0.153. The number of unbranched alkanes of at least 4 members (excludes halogenated alkanes) is 39. The Morgan fingerprint density at radius 3 is 1.13 bits per heavy atom. The number of aliphatic hydroxyl groups excluding tert-OH is 1. The highest BCUT2D eigenvalue weighted by molar-refractivity contribution is 7.47. The molecule has 0 bridgehead atoms. The number of amides is 1. The average molecular weight is 1120 g/mol.